The first-order valence-electron chi connectivity index (χ1n) is 15.1. The third-order valence-electron chi connectivity index (χ3n) is 7.93. The van der Waals surface area contributed by atoms with Crippen LogP contribution in [-0.2, 0) is 15.7 Å². The third kappa shape index (κ3) is 7.85. The van der Waals surface area contributed by atoms with Crippen LogP contribution in [-0.4, -0.2) is 71.4 Å². The van der Waals surface area contributed by atoms with Gasteiger partial charge in [0.15, 0.2) is 14.7 Å². The summed E-state index contributed by atoms with van der Waals surface area (Å²) in [5.74, 6) is -95.1. The van der Waals surface area contributed by atoms with E-state index in [0.29, 0.717) is 0 Å². The molecule has 0 amide bonds. The summed E-state index contributed by atoms with van der Waals surface area (Å²) in [4.78, 5) is 14.0. The molecular formula is C33H21F23O2S. The van der Waals surface area contributed by atoms with Crippen LogP contribution in [0.1, 0.15) is 16.7 Å². The quantitative estimate of drug-likeness (QED) is 0.127. The number of hydrogen-bond acceptors (Lipinski definition) is 2. The topological polar surface area (TPSA) is 40.1 Å². The Bertz CT molecular complexity index is 1880. The van der Waals surface area contributed by atoms with Crippen molar-refractivity contribution in [1.29, 1.82) is 0 Å². The number of carbonyl (C=O) groups excluding carboxylic acids is 1. The number of alkyl halides is 23. The van der Waals surface area contributed by atoms with Crippen LogP contribution in [0.2, 0.25) is 0 Å². The molecule has 0 aliphatic carbocycles. The first-order valence-corrected chi connectivity index (χ1v) is 16.3. The molecule has 0 bridgehead atoms. The van der Waals surface area contributed by atoms with E-state index >= 15 is 0 Å². The van der Waals surface area contributed by atoms with Gasteiger partial charge >= 0.3 is 65.4 Å². The van der Waals surface area contributed by atoms with Gasteiger partial charge in [0, 0.05) is 11.1 Å². The Kier molecular flexibility index (Phi) is 13.6. The van der Waals surface area contributed by atoms with Crippen LogP contribution in [0.5, 0.6) is 0 Å². The summed E-state index contributed by atoms with van der Waals surface area (Å²) < 4.78 is 297. The van der Waals surface area contributed by atoms with Crippen LogP contribution >= 0.6 is 0 Å². The van der Waals surface area contributed by atoms with E-state index in [4.69, 9.17) is 0 Å². The predicted octanol–water partition coefficient (Wildman–Crippen LogP) is 11.4. The van der Waals surface area contributed by atoms with Gasteiger partial charge in [0.2, 0.25) is 0 Å². The monoisotopic (exact) mass is 918 g/mol. The average molecular weight is 919 g/mol. The van der Waals surface area contributed by atoms with E-state index in [2.05, 4.69) is 93.6 Å². The summed E-state index contributed by atoms with van der Waals surface area (Å²) in [6, 6.07) is 26.3. The molecule has 59 heavy (non-hydrogen) atoms. The van der Waals surface area contributed by atoms with Crippen molar-refractivity contribution in [3.05, 3.63) is 89.5 Å². The van der Waals surface area contributed by atoms with Crippen molar-refractivity contribution in [1.82, 2.24) is 0 Å². The molecule has 3 aromatic rings. The van der Waals surface area contributed by atoms with Crippen LogP contribution in [0.3, 0.4) is 0 Å². The van der Waals surface area contributed by atoms with E-state index in [-0.39, 0.29) is 10.9 Å². The molecule has 0 saturated carbocycles. The van der Waals surface area contributed by atoms with E-state index in [0.717, 1.165) is 0 Å². The highest BCUT2D eigenvalue weighted by Crippen LogP contribution is 2.67. The van der Waals surface area contributed by atoms with E-state index in [9.17, 15) is 111 Å². The van der Waals surface area contributed by atoms with Crippen molar-refractivity contribution >= 4 is 16.9 Å². The van der Waals surface area contributed by atoms with Crippen molar-refractivity contribution in [3.8, 4) is 0 Å². The summed E-state index contributed by atoms with van der Waals surface area (Å²) >= 11 is 0. The number of benzene rings is 3. The molecule has 332 valence electrons. The number of aryl methyl sites for hydroxylation is 3. The Morgan fingerprint density at radius 2 is 0.678 bits per heavy atom. The van der Waals surface area contributed by atoms with Crippen LogP contribution in [0, 0.1) is 20.8 Å². The molecule has 0 aliphatic heterocycles. The van der Waals surface area contributed by atoms with E-state index in [1.807, 2.05) is 0 Å². The minimum Gasteiger partial charge on any atom is -0.544 e. The summed E-state index contributed by atoms with van der Waals surface area (Å²) in [5, 5.41) is 9.74. The Balaban J connectivity index is 0.000000457. The Morgan fingerprint density at radius 1 is 0.424 bits per heavy atom. The number of halogens is 23. The first kappa shape index (κ1) is 51.0. The molecule has 0 N–H and O–H groups in total. The molecule has 0 radical (unpaired) electrons. The lowest BCUT2D eigenvalue weighted by atomic mass is 9.85. The van der Waals surface area contributed by atoms with Gasteiger partial charge in [-0.3, -0.25) is 0 Å². The number of carbonyl (C=O) groups is 1. The second-order valence-corrected chi connectivity index (χ2v) is 14.2. The van der Waals surface area contributed by atoms with Gasteiger partial charge in [-0.25, -0.2) is 0 Å². The largest absolute Gasteiger partial charge is 0.544 e. The lowest BCUT2D eigenvalue weighted by Gasteiger charge is -2.45. The highest BCUT2D eigenvalue weighted by atomic mass is 32.2. The molecule has 26 heteroatoms. The standard InChI is InChI=1S/C21H21S.C12HF23O2/c1-16-14-17(2)21(18(3)15-16)22(19-10-6-4-7-11-19)20-12-8-5-9-13-20;13-2(14,1(36)37)3(15,16)4(17,18)5(19,20)6(21,22)7(23,24)8(25,26)9(27,28)10(29,30)11(31,32)12(33,34)35/h4-15H,1-3H3;(H,36,37)/q+1;/p-1. The number of carboxylic acid groups (broad SMARTS) is 1. The number of carboxylic acids is 1. The Labute approximate surface area is 318 Å². The summed E-state index contributed by atoms with van der Waals surface area (Å²) in [6.45, 7) is 6.65. The molecular weight excluding hydrogens is 897 g/mol. The fourth-order valence-electron chi connectivity index (χ4n) is 4.86. The zero-order valence-electron chi connectivity index (χ0n) is 28.8. The van der Waals surface area contributed by atoms with E-state index in [1.165, 1.54) is 31.4 Å². The van der Waals surface area contributed by atoms with Gasteiger partial charge in [0.1, 0.15) is 5.97 Å². The third-order valence-corrected chi connectivity index (χ3v) is 10.5. The number of rotatable bonds is 13. The van der Waals surface area contributed by atoms with Crippen molar-refractivity contribution < 1.29 is 111 Å². The van der Waals surface area contributed by atoms with Gasteiger partial charge in [0.05, 0.1) is 10.9 Å². The molecule has 0 aliphatic rings. The highest BCUT2D eigenvalue weighted by molar-refractivity contribution is 7.97. The second-order valence-electron chi connectivity index (χ2n) is 12.2. The van der Waals surface area contributed by atoms with Crippen molar-refractivity contribution in [2.24, 2.45) is 0 Å². The van der Waals surface area contributed by atoms with E-state index in [1.54, 1.807) is 0 Å². The van der Waals surface area contributed by atoms with Crippen LogP contribution in [0.4, 0.5) is 101 Å². The van der Waals surface area contributed by atoms with Gasteiger partial charge in [0.25, 0.3) is 0 Å². The number of hydrogen-bond donors (Lipinski definition) is 0. The molecule has 0 fully saturated rings. The maximum Gasteiger partial charge on any atom is 0.460 e. The van der Waals surface area contributed by atoms with Gasteiger partial charge in [-0.15, -0.1) is 0 Å². The van der Waals surface area contributed by atoms with Gasteiger partial charge in [-0.1, -0.05) is 54.1 Å². The van der Waals surface area contributed by atoms with Crippen LogP contribution < -0.4 is 5.11 Å². The van der Waals surface area contributed by atoms with Crippen molar-refractivity contribution in [2.75, 3.05) is 0 Å². The maximum absolute atomic E-state index is 13.3. The maximum atomic E-state index is 13.3. The summed E-state index contributed by atoms with van der Waals surface area (Å²) in [6.07, 6.45) is -8.14. The predicted molar refractivity (Wildman–Crippen MR) is 156 cm³/mol. The van der Waals surface area contributed by atoms with E-state index < -0.39 is 71.4 Å². The molecule has 0 atom stereocenters. The molecule has 0 unspecified atom stereocenters. The van der Waals surface area contributed by atoms with Gasteiger partial charge < -0.3 is 9.90 Å². The lowest BCUT2D eigenvalue weighted by molar-refractivity contribution is -0.479. The zero-order chi connectivity index (χ0) is 46.6. The lowest BCUT2D eigenvalue weighted by Crippen LogP contribution is -2.78. The van der Waals surface area contributed by atoms with Crippen LogP contribution in [0.15, 0.2) is 87.5 Å². The molecule has 0 heterocycles. The van der Waals surface area contributed by atoms with Gasteiger partial charge in [-0.05, 0) is 45.0 Å². The SMILES string of the molecule is Cc1cc(C)c([S+](c2ccccc2)c2ccccc2)c(C)c1.O=C([O-])C(F)(F)C(F)(F)C(F)(F)C(F)(F)C(F)(F)C(F)(F)C(F)(F)C(F)(F)C(F)(F)C(F)(F)C(F)(F)F. The second kappa shape index (κ2) is 15.7. The highest BCUT2D eigenvalue weighted by Gasteiger charge is 2.98. The molecule has 3 aromatic carbocycles. The van der Waals surface area contributed by atoms with Gasteiger partial charge in [-0.2, -0.15) is 101 Å². The fraction of sp³-hybridized carbons (Fsp3) is 0.424. The summed E-state index contributed by atoms with van der Waals surface area (Å²) in [7, 11) is -0.0460. The zero-order valence-corrected chi connectivity index (χ0v) is 29.7. The smallest absolute Gasteiger partial charge is 0.460 e. The summed E-state index contributed by atoms with van der Waals surface area (Å²) in [5.41, 5.74) is 4.10. The minimum absolute atomic E-state index is 0.0460. The Hall–Kier alpha value is -4.13. The minimum atomic E-state index is -9.52. The molecule has 2 nitrogen and oxygen atoms in total. The molecule has 0 spiro atoms. The number of aliphatic carboxylic acids is 1. The first-order chi connectivity index (χ1) is 26.1. The molecule has 0 saturated heterocycles. The Morgan fingerprint density at radius 3 is 0.932 bits per heavy atom. The molecule has 3 rings (SSSR count). The fourth-order valence-corrected chi connectivity index (χ4v) is 7.22. The van der Waals surface area contributed by atoms with Crippen LogP contribution in [0.25, 0.3) is 0 Å². The van der Waals surface area contributed by atoms with Crippen molar-refractivity contribution in [2.45, 2.75) is 101 Å². The molecule has 0 aromatic heterocycles. The van der Waals surface area contributed by atoms with Crippen molar-refractivity contribution in [3.63, 3.8) is 0 Å². The average Bonchev–Trinajstić information content (AvgIpc) is 3.09. The normalized spacial score (nSPS) is 14.6.